The maximum Gasteiger partial charge on any atom is 0.310 e. The summed E-state index contributed by atoms with van der Waals surface area (Å²) in [5.74, 6) is 0.147. The van der Waals surface area contributed by atoms with Gasteiger partial charge in [-0.05, 0) is 46.0 Å². The molecular formula is C13H25NO2. The van der Waals surface area contributed by atoms with E-state index in [1.54, 1.807) is 0 Å². The van der Waals surface area contributed by atoms with Crippen molar-refractivity contribution in [1.29, 1.82) is 0 Å². The first kappa shape index (κ1) is 13.5. The summed E-state index contributed by atoms with van der Waals surface area (Å²) in [6, 6.07) is 0.436. The van der Waals surface area contributed by atoms with E-state index in [0.29, 0.717) is 19.0 Å². The minimum absolute atomic E-state index is 0.436. The summed E-state index contributed by atoms with van der Waals surface area (Å²) in [6.07, 6.45) is 3.33. The van der Waals surface area contributed by atoms with Gasteiger partial charge in [-0.15, -0.1) is 0 Å². The van der Waals surface area contributed by atoms with Gasteiger partial charge in [-0.1, -0.05) is 6.92 Å². The molecule has 0 heterocycles. The lowest BCUT2D eigenvalue weighted by Crippen LogP contribution is -2.44. The van der Waals surface area contributed by atoms with Crippen molar-refractivity contribution in [2.75, 3.05) is 13.1 Å². The number of hydrogen-bond acceptors (Lipinski definition) is 2. The third-order valence-corrected chi connectivity index (χ3v) is 3.77. The Morgan fingerprint density at radius 1 is 1.50 bits per heavy atom. The van der Waals surface area contributed by atoms with E-state index in [1.165, 1.54) is 12.8 Å². The highest BCUT2D eigenvalue weighted by Gasteiger charge is 2.35. The highest BCUT2D eigenvalue weighted by molar-refractivity contribution is 5.74. The maximum absolute atomic E-state index is 11.3. The quantitative estimate of drug-likeness (QED) is 0.727. The Morgan fingerprint density at radius 3 is 2.38 bits per heavy atom. The summed E-state index contributed by atoms with van der Waals surface area (Å²) < 4.78 is 0. The van der Waals surface area contributed by atoms with Gasteiger partial charge in [0.2, 0.25) is 0 Å². The van der Waals surface area contributed by atoms with E-state index in [9.17, 15) is 9.90 Å². The molecule has 1 saturated carbocycles. The molecule has 16 heavy (non-hydrogen) atoms. The Balaban J connectivity index is 2.60. The Morgan fingerprint density at radius 2 is 2.06 bits per heavy atom. The van der Waals surface area contributed by atoms with Crippen molar-refractivity contribution in [3.8, 4) is 0 Å². The van der Waals surface area contributed by atoms with Gasteiger partial charge in [0.15, 0.2) is 0 Å². The summed E-state index contributed by atoms with van der Waals surface area (Å²) in [5, 5.41) is 9.29. The zero-order valence-corrected chi connectivity index (χ0v) is 11.0. The molecule has 1 N–H and O–H groups in total. The molecule has 1 unspecified atom stereocenters. The third-order valence-electron chi connectivity index (χ3n) is 3.77. The second-order valence-corrected chi connectivity index (χ2v) is 5.69. The highest BCUT2D eigenvalue weighted by Crippen LogP contribution is 2.32. The van der Waals surface area contributed by atoms with Crippen molar-refractivity contribution in [3.63, 3.8) is 0 Å². The smallest absolute Gasteiger partial charge is 0.310 e. The van der Waals surface area contributed by atoms with E-state index in [-0.39, 0.29) is 0 Å². The first-order valence-corrected chi connectivity index (χ1v) is 6.36. The van der Waals surface area contributed by atoms with Gasteiger partial charge in [0, 0.05) is 19.1 Å². The van der Waals surface area contributed by atoms with E-state index >= 15 is 0 Å². The predicted molar refractivity (Wildman–Crippen MR) is 65.5 cm³/mol. The van der Waals surface area contributed by atoms with Crippen LogP contribution in [0.4, 0.5) is 0 Å². The number of carbonyl (C=O) groups is 1. The van der Waals surface area contributed by atoms with Crippen LogP contribution in [-0.2, 0) is 4.79 Å². The van der Waals surface area contributed by atoms with Crippen LogP contribution in [-0.4, -0.2) is 35.1 Å². The van der Waals surface area contributed by atoms with Gasteiger partial charge in [-0.3, -0.25) is 9.69 Å². The lowest BCUT2D eigenvalue weighted by Gasteiger charge is -2.34. The average Bonchev–Trinajstić information content (AvgIpc) is 3.00. The minimum Gasteiger partial charge on any atom is -0.481 e. The largest absolute Gasteiger partial charge is 0.481 e. The zero-order valence-electron chi connectivity index (χ0n) is 11.0. The molecule has 0 amide bonds. The standard InChI is InChI=1S/C13H25NO2/c1-5-13(4,12(15)16)9-14(10(2)3)8-11-6-7-11/h10-11H,5-9H2,1-4H3,(H,15,16). The summed E-state index contributed by atoms with van der Waals surface area (Å²) in [4.78, 5) is 13.6. The molecule has 0 aromatic heterocycles. The van der Waals surface area contributed by atoms with Crippen LogP contribution in [0.15, 0.2) is 0 Å². The van der Waals surface area contributed by atoms with E-state index < -0.39 is 11.4 Å². The summed E-state index contributed by atoms with van der Waals surface area (Å²) in [5.41, 5.74) is -0.598. The monoisotopic (exact) mass is 227 g/mol. The SMILES string of the molecule is CCC(C)(CN(CC1CC1)C(C)C)C(=O)O. The Labute approximate surface area is 98.8 Å². The molecule has 1 rings (SSSR count). The van der Waals surface area contributed by atoms with Gasteiger partial charge >= 0.3 is 5.97 Å². The van der Waals surface area contributed by atoms with Gasteiger partial charge in [-0.25, -0.2) is 0 Å². The van der Waals surface area contributed by atoms with E-state index in [2.05, 4.69) is 18.7 Å². The fraction of sp³-hybridized carbons (Fsp3) is 0.923. The molecule has 0 spiro atoms. The third kappa shape index (κ3) is 3.48. The molecule has 0 bridgehead atoms. The molecule has 0 saturated heterocycles. The van der Waals surface area contributed by atoms with Crippen LogP contribution in [0.25, 0.3) is 0 Å². The van der Waals surface area contributed by atoms with Crippen molar-refractivity contribution in [2.24, 2.45) is 11.3 Å². The van der Waals surface area contributed by atoms with Crippen LogP contribution in [0.5, 0.6) is 0 Å². The Kier molecular flexibility index (Phi) is 4.36. The average molecular weight is 227 g/mol. The number of carboxylic acids is 1. The van der Waals surface area contributed by atoms with Crippen molar-refractivity contribution in [2.45, 2.75) is 53.0 Å². The topological polar surface area (TPSA) is 40.5 Å². The van der Waals surface area contributed by atoms with E-state index in [1.807, 2.05) is 13.8 Å². The van der Waals surface area contributed by atoms with Gasteiger partial charge in [0.1, 0.15) is 0 Å². The molecule has 1 aliphatic carbocycles. The van der Waals surface area contributed by atoms with E-state index in [0.717, 1.165) is 12.5 Å². The predicted octanol–water partition coefficient (Wildman–Crippen LogP) is 2.61. The van der Waals surface area contributed by atoms with Crippen LogP contribution in [0.3, 0.4) is 0 Å². The van der Waals surface area contributed by atoms with E-state index in [4.69, 9.17) is 0 Å². The second-order valence-electron chi connectivity index (χ2n) is 5.69. The molecule has 3 heteroatoms. The lowest BCUT2D eigenvalue weighted by molar-refractivity contribution is -0.149. The lowest BCUT2D eigenvalue weighted by atomic mass is 9.86. The van der Waals surface area contributed by atoms with Crippen molar-refractivity contribution < 1.29 is 9.90 Å². The number of aliphatic carboxylic acids is 1. The minimum atomic E-state index is -0.670. The zero-order chi connectivity index (χ0) is 12.3. The fourth-order valence-corrected chi connectivity index (χ4v) is 1.87. The van der Waals surface area contributed by atoms with Gasteiger partial charge in [0.05, 0.1) is 5.41 Å². The number of hydrogen-bond donors (Lipinski definition) is 1. The fourth-order valence-electron chi connectivity index (χ4n) is 1.87. The van der Waals surface area contributed by atoms with Gasteiger partial charge in [-0.2, -0.15) is 0 Å². The van der Waals surface area contributed by atoms with Crippen LogP contribution < -0.4 is 0 Å². The normalized spacial score (nSPS) is 20.1. The number of carboxylic acid groups (broad SMARTS) is 1. The van der Waals surface area contributed by atoms with Crippen molar-refractivity contribution in [3.05, 3.63) is 0 Å². The second kappa shape index (κ2) is 5.17. The number of rotatable bonds is 7. The highest BCUT2D eigenvalue weighted by atomic mass is 16.4. The van der Waals surface area contributed by atoms with Crippen LogP contribution in [0.2, 0.25) is 0 Å². The van der Waals surface area contributed by atoms with Crippen LogP contribution in [0.1, 0.15) is 47.0 Å². The van der Waals surface area contributed by atoms with Gasteiger partial charge < -0.3 is 5.11 Å². The Hall–Kier alpha value is -0.570. The first-order valence-electron chi connectivity index (χ1n) is 6.36. The summed E-state index contributed by atoms with van der Waals surface area (Å²) in [6.45, 7) is 9.87. The Bertz CT molecular complexity index is 248. The molecule has 3 nitrogen and oxygen atoms in total. The molecule has 94 valence electrons. The molecule has 0 aromatic rings. The molecule has 1 aliphatic rings. The van der Waals surface area contributed by atoms with Gasteiger partial charge in [0.25, 0.3) is 0 Å². The van der Waals surface area contributed by atoms with Crippen LogP contribution >= 0.6 is 0 Å². The molecular weight excluding hydrogens is 202 g/mol. The number of nitrogens with zero attached hydrogens (tertiary/aromatic N) is 1. The first-order chi connectivity index (χ1) is 7.39. The molecule has 0 aromatic carbocycles. The van der Waals surface area contributed by atoms with Crippen LogP contribution in [0, 0.1) is 11.3 Å². The van der Waals surface area contributed by atoms with Crippen molar-refractivity contribution in [1.82, 2.24) is 4.90 Å². The molecule has 1 fully saturated rings. The summed E-state index contributed by atoms with van der Waals surface area (Å²) in [7, 11) is 0. The molecule has 1 atom stereocenters. The van der Waals surface area contributed by atoms with Crippen molar-refractivity contribution >= 4 is 5.97 Å². The summed E-state index contributed by atoms with van der Waals surface area (Å²) >= 11 is 0. The molecule has 0 aliphatic heterocycles. The molecule has 0 radical (unpaired) electrons. The maximum atomic E-state index is 11.3.